The van der Waals surface area contributed by atoms with Gasteiger partial charge in [0.2, 0.25) is 0 Å². The van der Waals surface area contributed by atoms with Crippen molar-refractivity contribution >= 4 is 34.8 Å². The Morgan fingerprint density at radius 3 is 2.52 bits per heavy atom. The number of carbonyl (C=O) groups is 1. The van der Waals surface area contributed by atoms with Gasteiger partial charge in [-0.3, -0.25) is 4.79 Å². The third-order valence-corrected chi connectivity index (χ3v) is 4.43. The molecular formula is C17H15Cl2FN2O. The Bertz CT molecular complexity index is 715. The molecule has 1 unspecified atom stereocenters. The lowest BCUT2D eigenvalue weighted by atomic mass is 10.1. The highest BCUT2D eigenvalue weighted by atomic mass is 35.5. The zero-order valence-corrected chi connectivity index (χ0v) is 13.7. The van der Waals surface area contributed by atoms with E-state index in [0.717, 1.165) is 13.0 Å². The van der Waals surface area contributed by atoms with Crippen molar-refractivity contribution < 1.29 is 9.18 Å². The molecule has 2 aromatic rings. The molecule has 1 N–H and O–H groups in total. The molecule has 0 saturated carbocycles. The molecular weight excluding hydrogens is 338 g/mol. The summed E-state index contributed by atoms with van der Waals surface area (Å²) in [5.41, 5.74) is 1.03. The average molecular weight is 353 g/mol. The van der Waals surface area contributed by atoms with Crippen LogP contribution in [0.4, 0.5) is 10.1 Å². The molecule has 6 heteroatoms. The van der Waals surface area contributed by atoms with Crippen LogP contribution in [0.3, 0.4) is 0 Å². The summed E-state index contributed by atoms with van der Waals surface area (Å²) in [5, 5.41) is 4.02. The molecule has 1 aliphatic heterocycles. The lowest BCUT2D eigenvalue weighted by Gasteiger charge is -2.29. The number of halogens is 3. The first-order valence-corrected chi connectivity index (χ1v) is 8.07. The van der Waals surface area contributed by atoms with Gasteiger partial charge in [-0.05, 0) is 55.4 Å². The summed E-state index contributed by atoms with van der Waals surface area (Å²) in [5.74, 6) is -0.554. The molecule has 0 radical (unpaired) electrons. The minimum atomic E-state index is -0.338. The lowest BCUT2D eigenvalue weighted by molar-refractivity contribution is 0.0978. The quantitative estimate of drug-likeness (QED) is 0.900. The molecule has 0 aromatic heterocycles. The Kier molecular flexibility index (Phi) is 4.85. The number of nitrogens with one attached hydrogen (secondary N) is 1. The van der Waals surface area contributed by atoms with Crippen LogP contribution in [-0.2, 0) is 0 Å². The number of amides is 1. The maximum Gasteiger partial charge on any atom is 0.260 e. The van der Waals surface area contributed by atoms with E-state index in [9.17, 15) is 9.18 Å². The van der Waals surface area contributed by atoms with Crippen LogP contribution in [0.5, 0.6) is 0 Å². The number of nitrogens with zero attached hydrogens (tertiary/aromatic N) is 1. The van der Waals surface area contributed by atoms with Gasteiger partial charge in [-0.15, -0.1) is 0 Å². The topological polar surface area (TPSA) is 32.3 Å². The van der Waals surface area contributed by atoms with Crippen molar-refractivity contribution in [3.05, 3.63) is 63.9 Å². The van der Waals surface area contributed by atoms with E-state index in [4.69, 9.17) is 23.2 Å². The zero-order valence-electron chi connectivity index (χ0n) is 12.2. The maximum atomic E-state index is 13.2. The standard InChI is InChI=1S/C17H15Cl2FN2O/c18-11-1-6-15(16(19)9-11)17(23)22(14-7-8-21-10-14)13-4-2-12(20)3-5-13/h1-6,9,14,21H,7-8,10H2. The minimum Gasteiger partial charge on any atom is -0.315 e. The van der Waals surface area contributed by atoms with Crippen LogP contribution in [0, 0.1) is 5.82 Å². The third kappa shape index (κ3) is 3.50. The molecule has 1 atom stereocenters. The summed E-state index contributed by atoms with van der Waals surface area (Å²) in [4.78, 5) is 14.7. The first-order valence-electron chi connectivity index (χ1n) is 7.31. The Hall–Kier alpha value is -1.62. The summed E-state index contributed by atoms with van der Waals surface area (Å²) in [6, 6.07) is 10.7. The normalized spacial score (nSPS) is 17.3. The number of anilines is 1. The van der Waals surface area contributed by atoms with Crippen LogP contribution in [-0.4, -0.2) is 25.0 Å². The lowest BCUT2D eigenvalue weighted by Crippen LogP contribution is -2.42. The number of rotatable bonds is 3. The molecule has 120 valence electrons. The van der Waals surface area contributed by atoms with E-state index in [-0.39, 0.29) is 17.8 Å². The number of benzene rings is 2. The van der Waals surface area contributed by atoms with E-state index in [0.29, 0.717) is 27.8 Å². The molecule has 1 saturated heterocycles. The SMILES string of the molecule is O=C(c1ccc(Cl)cc1Cl)N(c1ccc(F)cc1)C1CCNC1. The Morgan fingerprint density at radius 1 is 1.17 bits per heavy atom. The van der Waals surface area contributed by atoms with Crippen LogP contribution in [0.15, 0.2) is 42.5 Å². The van der Waals surface area contributed by atoms with E-state index < -0.39 is 0 Å². The summed E-state index contributed by atoms with van der Waals surface area (Å²) in [6.45, 7) is 1.53. The fourth-order valence-electron chi connectivity index (χ4n) is 2.75. The fourth-order valence-corrected chi connectivity index (χ4v) is 3.24. The molecule has 0 spiro atoms. The number of carbonyl (C=O) groups excluding carboxylic acids is 1. The van der Waals surface area contributed by atoms with Gasteiger partial charge >= 0.3 is 0 Å². The highest BCUT2D eigenvalue weighted by molar-refractivity contribution is 6.37. The molecule has 3 rings (SSSR count). The third-order valence-electron chi connectivity index (χ3n) is 3.88. The summed E-state index contributed by atoms with van der Waals surface area (Å²) in [7, 11) is 0. The Morgan fingerprint density at radius 2 is 1.91 bits per heavy atom. The van der Waals surface area contributed by atoms with Crippen LogP contribution in [0.1, 0.15) is 16.8 Å². The van der Waals surface area contributed by atoms with Crippen molar-refractivity contribution in [2.45, 2.75) is 12.5 Å². The molecule has 1 fully saturated rings. The van der Waals surface area contributed by atoms with Gasteiger partial charge in [0.15, 0.2) is 0 Å². The van der Waals surface area contributed by atoms with E-state index in [1.165, 1.54) is 12.1 Å². The van der Waals surface area contributed by atoms with Crippen molar-refractivity contribution in [3.8, 4) is 0 Å². The van der Waals surface area contributed by atoms with Crippen molar-refractivity contribution in [1.82, 2.24) is 5.32 Å². The van der Waals surface area contributed by atoms with Gasteiger partial charge < -0.3 is 10.2 Å². The summed E-state index contributed by atoms with van der Waals surface area (Å²) >= 11 is 12.1. The fraction of sp³-hybridized carbons (Fsp3) is 0.235. The number of hydrogen-bond acceptors (Lipinski definition) is 2. The van der Waals surface area contributed by atoms with E-state index >= 15 is 0 Å². The van der Waals surface area contributed by atoms with E-state index in [2.05, 4.69) is 5.32 Å². The maximum absolute atomic E-state index is 13.2. The highest BCUT2D eigenvalue weighted by Gasteiger charge is 2.29. The minimum absolute atomic E-state index is 0.000272. The summed E-state index contributed by atoms with van der Waals surface area (Å²) in [6.07, 6.45) is 0.828. The van der Waals surface area contributed by atoms with Crippen molar-refractivity contribution in [1.29, 1.82) is 0 Å². The number of hydrogen-bond donors (Lipinski definition) is 1. The molecule has 0 aliphatic carbocycles. The van der Waals surface area contributed by atoms with Gasteiger partial charge in [-0.1, -0.05) is 23.2 Å². The van der Waals surface area contributed by atoms with Gasteiger partial charge in [0, 0.05) is 17.3 Å². The Labute approximate surface area is 144 Å². The van der Waals surface area contributed by atoms with Crippen molar-refractivity contribution in [2.24, 2.45) is 0 Å². The monoisotopic (exact) mass is 352 g/mol. The van der Waals surface area contributed by atoms with Gasteiger partial charge in [0.1, 0.15) is 5.82 Å². The average Bonchev–Trinajstić information content (AvgIpc) is 3.03. The first-order chi connectivity index (χ1) is 11.1. The van der Waals surface area contributed by atoms with Crippen molar-refractivity contribution in [3.63, 3.8) is 0 Å². The molecule has 1 heterocycles. The largest absolute Gasteiger partial charge is 0.315 e. The van der Waals surface area contributed by atoms with Crippen LogP contribution >= 0.6 is 23.2 Å². The van der Waals surface area contributed by atoms with Crippen molar-refractivity contribution in [2.75, 3.05) is 18.0 Å². The van der Waals surface area contributed by atoms with Crippen LogP contribution in [0.2, 0.25) is 10.0 Å². The molecule has 0 bridgehead atoms. The van der Waals surface area contributed by atoms with Gasteiger partial charge in [-0.25, -0.2) is 4.39 Å². The van der Waals surface area contributed by atoms with Gasteiger partial charge in [-0.2, -0.15) is 0 Å². The second-order valence-electron chi connectivity index (χ2n) is 5.42. The van der Waals surface area contributed by atoms with Crippen LogP contribution in [0.25, 0.3) is 0 Å². The predicted molar refractivity (Wildman–Crippen MR) is 90.9 cm³/mol. The second kappa shape index (κ2) is 6.87. The Balaban J connectivity index is 2.00. The van der Waals surface area contributed by atoms with E-state index in [1.807, 2.05) is 0 Å². The zero-order chi connectivity index (χ0) is 16.4. The molecule has 3 nitrogen and oxygen atoms in total. The summed E-state index contributed by atoms with van der Waals surface area (Å²) < 4.78 is 13.2. The molecule has 1 amide bonds. The molecule has 23 heavy (non-hydrogen) atoms. The molecule has 1 aliphatic rings. The predicted octanol–water partition coefficient (Wildman–Crippen LogP) is 4.14. The molecule has 2 aromatic carbocycles. The smallest absolute Gasteiger partial charge is 0.260 e. The highest BCUT2D eigenvalue weighted by Crippen LogP contribution is 2.27. The second-order valence-corrected chi connectivity index (χ2v) is 6.27. The van der Waals surface area contributed by atoms with Gasteiger partial charge in [0.05, 0.1) is 16.6 Å². The van der Waals surface area contributed by atoms with E-state index in [1.54, 1.807) is 35.2 Å². The van der Waals surface area contributed by atoms with Crippen LogP contribution < -0.4 is 10.2 Å². The first kappa shape index (κ1) is 16.2. The van der Waals surface area contributed by atoms with Gasteiger partial charge in [0.25, 0.3) is 5.91 Å².